The van der Waals surface area contributed by atoms with Crippen LogP contribution in [0.4, 0.5) is 0 Å². The third-order valence-corrected chi connectivity index (χ3v) is 5.69. The first-order valence-corrected chi connectivity index (χ1v) is 11.3. The van der Waals surface area contributed by atoms with Crippen LogP contribution in [0.25, 0.3) is 0 Å². The van der Waals surface area contributed by atoms with Gasteiger partial charge in [0, 0.05) is 43.7 Å². The van der Waals surface area contributed by atoms with Crippen LogP contribution in [-0.2, 0) is 17.9 Å². The highest BCUT2D eigenvalue weighted by Crippen LogP contribution is 2.32. The molecule has 0 fully saturated rings. The number of pyridine rings is 1. The fraction of sp³-hybridized carbons (Fsp3) is 0.400. The van der Waals surface area contributed by atoms with Crippen molar-refractivity contribution in [3.05, 3.63) is 66.4 Å². The van der Waals surface area contributed by atoms with Gasteiger partial charge in [-0.2, -0.15) is 0 Å². The molecule has 32 heavy (non-hydrogen) atoms. The summed E-state index contributed by atoms with van der Waals surface area (Å²) in [5.74, 6) is 2.90. The van der Waals surface area contributed by atoms with Crippen LogP contribution in [0.5, 0.6) is 17.4 Å². The van der Waals surface area contributed by atoms with Gasteiger partial charge in [0.2, 0.25) is 11.8 Å². The number of nitrogens with zero attached hydrogens (tertiary/aromatic N) is 4. The molecular weight excluding hydrogens is 404 g/mol. The average Bonchev–Trinajstić information content (AvgIpc) is 3.22. The van der Waals surface area contributed by atoms with Crippen molar-refractivity contribution in [1.29, 1.82) is 0 Å². The summed E-state index contributed by atoms with van der Waals surface area (Å²) < 4.78 is 14.1. The Morgan fingerprint density at radius 1 is 1.00 bits per heavy atom. The molecule has 0 spiro atoms. The predicted octanol–water partition coefficient (Wildman–Crippen LogP) is 4.75. The molecule has 0 N–H and O–H groups in total. The second-order valence-corrected chi connectivity index (χ2v) is 8.01. The van der Waals surface area contributed by atoms with Crippen LogP contribution in [0.15, 0.2) is 55.0 Å². The highest BCUT2D eigenvalue weighted by atomic mass is 16.5. The van der Waals surface area contributed by atoms with E-state index in [-0.39, 0.29) is 5.91 Å². The van der Waals surface area contributed by atoms with Crippen molar-refractivity contribution in [3.63, 3.8) is 0 Å². The van der Waals surface area contributed by atoms with Gasteiger partial charge in [0.25, 0.3) is 0 Å². The van der Waals surface area contributed by atoms with E-state index in [4.69, 9.17) is 9.47 Å². The molecule has 0 aliphatic carbocycles. The molecule has 4 rings (SSSR count). The van der Waals surface area contributed by atoms with E-state index in [0.717, 1.165) is 37.1 Å². The van der Waals surface area contributed by atoms with E-state index >= 15 is 0 Å². The summed E-state index contributed by atoms with van der Waals surface area (Å²) in [4.78, 5) is 23.8. The lowest BCUT2D eigenvalue weighted by Gasteiger charge is -2.24. The van der Waals surface area contributed by atoms with Crippen molar-refractivity contribution in [1.82, 2.24) is 19.4 Å². The number of ether oxygens (including phenoxy) is 2. The number of fused-ring (bicyclic) bond motifs is 2. The molecule has 2 aromatic heterocycles. The van der Waals surface area contributed by atoms with Gasteiger partial charge in [-0.15, -0.1) is 0 Å². The summed E-state index contributed by atoms with van der Waals surface area (Å²) >= 11 is 0. The van der Waals surface area contributed by atoms with Crippen molar-refractivity contribution in [2.75, 3.05) is 13.2 Å². The van der Waals surface area contributed by atoms with Gasteiger partial charge >= 0.3 is 0 Å². The number of amides is 1. The number of rotatable bonds is 3. The Bertz CT molecular complexity index is 1030. The maximum Gasteiger partial charge on any atom is 0.224 e. The molecule has 7 nitrogen and oxygen atoms in total. The van der Waals surface area contributed by atoms with Crippen molar-refractivity contribution >= 4 is 5.91 Å². The first-order valence-electron chi connectivity index (χ1n) is 11.3. The molecule has 3 heterocycles. The Hall–Kier alpha value is -3.35. The van der Waals surface area contributed by atoms with Crippen LogP contribution in [0.1, 0.15) is 43.5 Å². The molecule has 0 saturated heterocycles. The van der Waals surface area contributed by atoms with E-state index in [1.54, 1.807) is 12.4 Å². The predicted molar refractivity (Wildman–Crippen MR) is 122 cm³/mol. The van der Waals surface area contributed by atoms with Crippen LogP contribution in [0, 0.1) is 6.92 Å². The minimum absolute atomic E-state index is 0.128. The number of hydrogen-bond donors (Lipinski definition) is 0. The summed E-state index contributed by atoms with van der Waals surface area (Å²) in [5, 5.41) is 0. The van der Waals surface area contributed by atoms with Gasteiger partial charge in [-0.25, -0.2) is 9.97 Å². The zero-order valence-corrected chi connectivity index (χ0v) is 18.6. The lowest BCUT2D eigenvalue weighted by atomic mass is 10.1. The van der Waals surface area contributed by atoms with Crippen molar-refractivity contribution < 1.29 is 14.3 Å². The molecule has 7 heteroatoms. The molecule has 0 unspecified atom stereocenters. The van der Waals surface area contributed by atoms with Gasteiger partial charge in [-0.1, -0.05) is 31.0 Å². The van der Waals surface area contributed by atoms with Crippen molar-refractivity contribution in [2.45, 2.75) is 52.1 Å². The molecule has 0 saturated carbocycles. The lowest BCUT2D eigenvalue weighted by molar-refractivity contribution is -0.132. The number of imidazole rings is 1. The van der Waals surface area contributed by atoms with Gasteiger partial charge in [0.15, 0.2) is 11.5 Å². The second kappa shape index (κ2) is 10.8. The van der Waals surface area contributed by atoms with Crippen LogP contribution in [0.2, 0.25) is 0 Å². The van der Waals surface area contributed by atoms with E-state index in [9.17, 15) is 4.79 Å². The summed E-state index contributed by atoms with van der Waals surface area (Å²) in [6.07, 6.45) is 9.88. The Morgan fingerprint density at radius 2 is 1.84 bits per heavy atom. The summed E-state index contributed by atoms with van der Waals surface area (Å²) in [6.45, 7) is 4.40. The van der Waals surface area contributed by atoms with E-state index in [1.807, 2.05) is 59.0 Å². The molecule has 0 bridgehead atoms. The van der Waals surface area contributed by atoms with E-state index in [0.29, 0.717) is 50.0 Å². The topological polar surface area (TPSA) is 69.5 Å². The molecular formula is C25H30N4O3. The third kappa shape index (κ3) is 5.66. The third-order valence-electron chi connectivity index (χ3n) is 5.69. The molecule has 1 amide bonds. The summed E-state index contributed by atoms with van der Waals surface area (Å²) in [7, 11) is 0. The number of benzene rings is 1. The number of aromatic nitrogens is 3. The van der Waals surface area contributed by atoms with Gasteiger partial charge in [0.05, 0.1) is 13.2 Å². The fourth-order valence-corrected chi connectivity index (χ4v) is 3.85. The summed E-state index contributed by atoms with van der Waals surface area (Å²) in [6, 6.07) is 11.5. The highest BCUT2D eigenvalue weighted by Gasteiger charge is 2.18. The smallest absolute Gasteiger partial charge is 0.224 e. The fourth-order valence-electron chi connectivity index (χ4n) is 3.85. The van der Waals surface area contributed by atoms with E-state index in [2.05, 4.69) is 9.97 Å². The lowest BCUT2D eigenvalue weighted by Crippen LogP contribution is -2.32. The minimum Gasteiger partial charge on any atom is -0.490 e. The number of hydrogen-bond acceptors (Lipinski definition) is 5. The van der Waals surface area contributed by atoms with Gasteiger partial charge in [0.1, 0.15) is 5.82 Å². The number of aryl methyl sites for hydroxylation is 2. The largest absolute Gasteiger partial charge is 0.490 e. The van der Waals surface area contributed by atoms with Gasteiger partial charge in [-0.3, -0.25) is 4.79 Å². The van der Waals surface area contributed by atoms with E-state index < -0.39 is 0 Å². The van der Waals surface area contributed by atoms with Crippen molar-refractivity contribution in [3.8, 4) is 17.4 Å². The molecule has 168 valence electrons. The first kappa shape index (κ1) is 21.9. The SMILES string of the molecule is Cc1nccn1CCC(=O)N1CCCCCCOc2ccccc2Oc2ncccc2C1. The first-order chi connectivity index (χ1) is 15.7. The highest BCUT2D eigenvalue weighted by molar-refractivity contribution is 5.76. The Morgan fingerprint density at radius 3 is 2.69 bits per heavy atom. The normalized spacial score (nSPS) is 15.0. The minimum atomic E-state index is 0.128. The van der Waals surface area contributed by atoms with Gasteiger partial charge < -0.3 is 18.9 Å². The maximum absolute atomic E-state index is 13.2. The van der Waals surface area contributed by atoms with E-state index in [1.165, 1.54) is 0 Å². The zero-order chi connectivity index (χ0) is 22.2. The average molecular weight is 435 g/mol. The molecule has 1 aliphatic rings. The van der Waals surface area contributed by atoms with Crippen LogP contribution < -0.4 is 9.47 Å². The van der Waals surface area contributed by atoms with Crippen LogP contribution in [-0.4, -0.2) is 38.5 Å². The van der Waals surface area contributed by atoms with Crippen molar-refractivity contribution in [2.24, 2.45) is 0 Å². The molecule has 1 aromatic carbocycles. The molecule has 3 aromatic rings. The van der Waals surface area contributed by atoms with Crippen LogP contribution >= 0.6 is 0 Å². The number of para-hydroxylation sites is 2. The van der Waals surface area contributed by atoms with Gasteiger partial charge in [-0.05, 0) is 38.0 Å². The Balaban J connectivity index is 1.55. The molecule has 0 radical (unpaired) electrons. The monoisotopic (exact) mass is 434 g/mol. The molecule has 1 aliphatic heterocycles. The number of carbonyl (C=O) groups excluding carboxylic acids is 1. The Kier molecular flexibility index (Phi) is 7.38. The van der Waals surface area contributed by atoms with Crippen LogP contribution in [0.3, 0.4) is 0 Å². The molecule has 0 atom stereocenters. The maximum atomic E-state index is 13.2. The quantitative estimate of drug-likeness (QED) is 0.595. The summed E-state index contributed by atoms with van der Waals surface area (Å²) in [5.41, 5.74) is 0.881. The standard InChI is InChI=1S/C25H30N4O3/c1-20-26-14-17-28(20)16-12-24(30)29-15-6-2-3-7-18-31-22-10-4-5-11-23(22)32-25-21(19-29)9-8-13-27-25/h4-5,8-11,13-14,17H,2-3,6-7,12,15-16,18-19H2,1H3. The zero-order valence-electron chi connectivity index (χ0n) is 18.6. The second-order valence-electron chi connectivity index (χ2n) is 8.01. The number of carbonyl (C=O) groups is 1. The Labute approximate surface area is 189 Å².